The Labute approximate surface area is 265 Å². The number of ether oxygens (including phenoxy) is 6. The maximum Gasteiger partial charge on any atom is 0.360 e. The number of aryl methyl sites for hydroxylation is 1. The molecule has 0 unspecified atom stereocenters. The van der Waals surface area contributed by atoms with Crippen molar-refractivity contribution in [3.05, 3.63) is 76.1 Å². The molecule has 244 valence electrons. The number of anilines is 1. The van der Waals surface area contributed by atoms with Crippen LogP contribution in [0.25, 0.3) is 22.1 Å². The maximum atomic E-state index is 13.4. The van der Waals surface area contributed by atoms with Gasteiger partial charge in [0.1, 0.15) is 52.6 Å². The Morgan fingerprint density at radius 2 is 1.63 bits per heavy atom. The molecule has 1 aliphatic rings. The highest BCUT2D eigenvalue weighted by Crippen LogP contribution is 2.39. The molecule has 4 atom stereocenters. The topological polar surface area (TPSA) is 155 Å². The molecule has 0 aliphatic carbocycles. The van der Waals surface area contributed by atoms with E-state index >= 15 is 0 Å². The van der Waals surface area contributed by atoms with E-state index in [-0.39, 0.29) is 28.3 Å². The first-order valence-electron chi connectivity index (χ1n) is 14.4. The zero-order chi connectivity index (χ0) is 33.3. The maximum absolute atomic E-state index is 13.4. The van der Waals surface area contributed by atoms with E-state index in [0.717, 1.165) is 5.56 Å². The van der Waals surface area contributed by atoms with Crippen LogP contribution in [0.1, 0.15) is 29.8 Å². The number of benzene rings is 3. The molecule has 0 bridgehead atoms. The number of methoxy groups -OCH3 is 4. The standard InChI is InChI=1S/C34H37NO11/c1-17-25(44-33-28(37)27(36)30(43-7)34(2,3)46-33)16-26(42-6)22-15-23(32(39)45-29(17)22)35-31(38)19-11-12-24(41-5)21(14-19)18-9-8-10-20(13-18)40-4/h8-16,27-28,30,33,36-37H,1-7H3,(H,35,38)/t27-,28-,30+,33+/m0/s1. The van der Waals surface area contributed by atoms with Gasteiger partial charge in [0.2, 0.25) is 6.29 Å². The molecule has 1 saturated heterocycles. The summed E-state index contributed by atoms with van der Waals surface area (Å²) in [7, 11) is 5.95. The van der Waals surface area contributed by atoms with Crippen LogP contribution >= 0.6 is 0 Å². The molecule has 12 heteroatoms. The third-order valence-corrected chi connectivity index (χ3v) is 8.04. The first-order chi connectivity index (χ1) is 21.9. The first-order valence-corrected chi connectivity index (χ1v) is 14.4. The Morgan fingerprint density at radius 1 is 0.891 bits per heavy atom. The van der Waals surface area contributed by atoms with Crippen LogP contribution in [-0.2, 0) is 9.47 Å². The molecule has 2 heterocycles. The monoisotopic (exact) mass is 635 g/mol. The Balaban J connectivity index is 1.46. The van der Waals surface area contributed by atoms with Gasteiger partial charge in [-0.05, 0) is 62.7 Å². The summed E-state index contributed by atoms with van der Waals surface area (Å²) in [6.45, 7) is 5.08. The third-order valence-electron chi connectivity index (χ3n) is 8.04. The lowest BCUT2D eigenvalue weighted by molar-refractivity contribution is -0.306. The van der Waals surface area contributed by atoms with Crippen LogP contribution in [0.2, 0.25) is 0 Å². The summed E-state index contributed by atoms with van der Waals surface area (Å²) in [5.41, 5.74) is 0.342. The molecule has 0 saturated carbocycles. The minimum atomic E-state index is -1.44. The third kappa shape index (κ3) is 6.12. The van der Waals surface area contributed by atoms with Crippen molar-refractivity contribution in [2.75, 3.05) is 33.8 Å². The minimum absolute atomic E-state index is 0.107. The Kier molecular flexibility index (Phi) is 9.27. The summed E-state index contributed by atoms with van der Waals surface area (Å²) in [6.07, 6.45) is -4.80. The van der Waals surface area contributed by atoms with Gasteiger partial charge in [0.25, 0.3) is 5.91 Å². The predicted octanol–water partition coefficient (Wildman–Crippen LogP) is 4.30. The lowest BCUT2D eigenvalue weighted by atomic mass is 9.89. The van der Waals surface area contributed by atoms with Crippen molar-refractivity contribution in [3.8, 4) is 34.1 Å². The molecular weight excluding hydrogens is 598 g/mol. The van der Waals surface area contributed by atoms with Gasteiger partial charge in [-0.2, -0.15) is 0 Å². The molecule has 1 amide bonds. The molecule has 12 nitrogen and oxygen atoms in total. The van der Waals surface area contributed by atoms with Gasteiger partial charge in [0.05, 0.1) is 32.3 Å². The number of aliphatic hydroxyl groups is 2. The molecule has 5 rings (SSSR count). The smallest absolute Gasteiger partial charge is 0.360 e. The second-order valence-electron chi connectivity index (χ2n) is 11.3. The SMILES string of the molecule is COc1cccc(-c2cc(C(=O)Nc3cc4c(OC)cc(O[C@@H]5OC(C)(C)[C@H](OC)[C@@H](O)[C@@H]5O)c(C)c4oc3=O)ccc2OC)c1. The number of fused-ring (bicyclic) bond motifs is 1. The average molecular weight is 636 g/mol. The molecule has 46 heavy (non-hydrogen) atoms. The van der Waals surface area contributed by atoms with Gasteiger partial charge in [-0.1, -0.05) is 12.1 Å². The van der Waals surface area contributed by atoms with Gasteiger partial charge in [-0.3, -0.25) is 4.79 Å². The second-order valence-corrected chi connectivity index (χ2v) is 11.3. The van der Waals surface area contributed by atoms with E-state index in [1.165, 1.54) is 27.4 Å². The van der Waals surface area contributed by atoms with Crippen LogP contribution in [0.15, 0.2) is 63.8 Å². The number of hydrogen-bond donors (Lipinski definition) is 3. The van der Waals surface area contributed by atoms with Crippen LogP contribution in [0.4, 0.5) is 5.69 Å². The van der Waals surface area contributed by atoms with E-state index in [1.807, 2.05) is 24.3 Å². The summed E-state index contributed by atoms with van der Waals surface area (Å²) >= 11 is 0. The van der Waals surface area contributed by atoms with Gasteiger partial charge in [0.15, 0.2) is 0 Å². The van der Waals surface area contributed by atoms with E-state index in [1.54, 1.807) is 52.1 Å². The van der Waals surface area contributed by atoms with Crippen molar-refractivity contribution in [3.63, 3.8) is 0 Å². The summed E-state index contributed by atoms with van der Waals surface area (Å²) in [6, 6.07) is 15.3. The van der Waals surface area contributed by atoms with Crippen molar-refractivity contribution in [1.82, 2.24) is 0 Å². The molecular formula is C34H37NO11. The van der Waals surface area contributed by atoms with Crippen molar-refractivity contribution < 1.29 is 47.8 Å². The fraction of sp³-hybridized carbons (Fsp3) is 0.353. The molecule has 1 aliphatic heterocycles. The normalized spacial score (nSPS) is 20.6. The van der Waals surface area contributed by atoms with Crippen molar-refractivity contribution >= 4 is 22.6 Å². The molecule has 1 fully saturated rings. The van der Waals surface area contributed by atoms with Crippen molar-refractivity contribution in [1.29, 1.82) is 0 Å². The van der Waals surface area contributed by atoms with Crippen molar-refractivity contribution in [2.45, 2.75) is 51.0 Å². The summed E-state index contributed by atoms with van der Waals surface area (Å²) in [5.74, 6) is 1.10. The largest absolute Gasteiger partial charge is 0.497 e. The number of carbonyl (C=O) groups excluding carboxylic acids is 1. The van der Waals surface area contributed by atoms with Crippen LogP contribution in [0, 0.1) is 6.92 Å². The van der Waals surface area contributed by atoms with Gasteiger partial charge >= 0.3 is 5.63 Å². The van der Waals surface area contributed by atoms with E-state index in [9.17, 15) is 19.8 Å². The van der Waals surface area contributed by atoms with E-state index in [0.29, 0.717) is 28.0 Å². The number of rotatable bonds is 9. The number of aliphatic hydroxyl groups excluding tert-OH is 2. The fourth-order valence-corrected chi connectivity index (χ4v) is 5.62. The average Bonchev–Trinajstić information content (AvgIpc) is 3.05. The Hall–Kier alpha value is -4.62. The van der Waals surface area contributed by atoms with Crippen LogP contribution in [-0.4, -0.2) is 74.8 Å². The zero-order valence-corrected chi connectivity index (χ0v) is 26.6. The summed E-state index contributed by atoms with van der Waals surface area (Å²) < 4.78 is 39.4. The van der Waals surface area contributed by atoms with E-state index < -0.39 is 41.7 Å². The Bertz CT molecular complexity index is 1820. The van der Waals surface area contributed by atoms with Crippen molar-refractivity contribution in [2.24, 2.45) is 0 Å². The van der Waals surface area contributed by atoms with Gasteiger partial charge < -0.3 is 48.4 Å². The highest BCUT2D eigenvalue weighted by molar-refractivity contribution is 6.06. The van der Waals surface area contributed by atoms with Crippen LogP contribution in [0.3, 0.4) is 0 Å². The number of hydrogen-bond acceptors (Lipinski definition) is 11. The predicted molar refractivity (Wildman–Crippen MR) is 169 cm³/mol. The zero-order valence-electron chi connectivity index (χ0n) is 26.6. The van der Waals surface area contributed by atoms with Gasteiger partial charge in [-0.25, -0.2) is 4.79 Å². The molecule has 0 radical (unpaired) electrons. The molecule has 3 aromatic carbocycles. The lowest BCUT2D eigenvalue weighted by Gasteiger charge is -2.46. The molecule has 0 spiro atoms. The number of nitrogens with one attached hydrogen (secondary N) is 1. The summed E-state index contributed by atoms with van der Waals surface area (Å²) in [4.78, 5) is 26.5. The number of amides is 1. The molecule has 3 N–H and O–H groups in total. The van der Waals surface area contributed by atoms with Crippen LogP contribution in [0.5, 0.6) is 23.0 Å². The summed E-state index contributed by atoms with van der Waals surface area (Å²) in [5, 5.41) is 24.4. The highest BCUT2D eigenvalue weighted by Gasteiger charge is 2.50. The quantitative estimate of drug-likeness (QED) is 0.226. The molecule has 4 aromatic rings. The second kappa shape index (κ2) is 13.0. The Morgan fingerprint density at radius 3 is 2.30 bits per heavy atom. The van der Waals surface area contributed by atoms with Gasteiger partial charge in [0, 0.05) is 29.9 Å². The number of carbonyl (C=O) groups is 1. The van der Waals surface area contributed by atoms with E-state index in [2.05, 4.69) is 5.32 Å². The highest BCUT2D eigenvalue weighted by atomic mass is 16.7. The van der Waals surface area contributed by atoms with Crippen LogP contribution < -0.4 is 29.9 Å². The van der Waals surface area contributed by atoms with Gasteiger partial charge in [-0.15, -0.1) is 0 Å². The van der Waals surface area contributed by atoms with E-state index in [4.69, 9.17) is 32.8 Å². The molecule has 1 aromatic heterocycles. The first kappa shape index (κ1) is 32.8. The lowest BCUT2D eigenvalue weighted by Crippen LogP contribution is -2.63. The minimum Gasteiger partial charge on any atom is -0.497 e. The fourth-order valence-electron chi connectivity index (χ4n) is 5.62.